The van der Waals surface area contributed by atoms with Crippen molar-refractivity contribution in [2.75, 3.05) is 24.3 Å². The molecule has 1 amide bonds. The first-order chi connectivity index (χ1) is 7.88. The van der Waals surface area contributed by atoms with E-state index in [1.807, 2.05) is 0 Å². The molecule has 1 rings (SSSR count). The number of aliphatic hydroxyl groups is 1. The molecule has 0 aliphatic rings. The van der Waals surface area contributed by atoms with Crippen LogP contribution in [0.1, 0.15) is 17.3 Å². The summed E-state index contributed by atoms with van der Waals surface area (Å²) in [5, 5.41) is 9.01. The van der Waals surface area contributed by atoms with Crippen molar-refractivity contribution in [3.05, 3.63) is 23.5 Å². The van der Waals surface area contributed by atoms with Crippen molar-refractivity contribution in [3.63, 3.8) is 0 Å². The van der Waals surface area contributed by atoms with Crippen molar-refractivity contribution in [1.82, 2.24) is 0 Å². The molecule has 1 aromatic carbocycles. The van der Waals surface area contributed by atoms with Gasteiger partial charge >= 0.3 is 0 Å². The van der Waals surface area contributed by atoms with Crippen molar-refractivity contribution in [2.45, 2.75) is 13.0 Å². The highest BCUT2D eigenvalue weighted by atomic mass is 19.1. The molecule has 0 aromatic heterocycles. The van der Waals surface area contributed by atoms with Gasteiger partial charge in [-0.25, -0.2) is 4.39 Å². The van der Waals surface area contributed by atoms with Crippen molar-refractivity contribution in [3.8, 4) is 0 Å². The zero-order valence-corrected chi connectivity index (χ0v) is 9.77. The van der Waals surface area contributed by atoms with Crippen molar-refractivity contribution in [2.24, 2.45) is 5.73 Å². The van der Waals surface area contributed by atoms with E-state index in [2.05, 4.69) is 0 Å². The van der Waals surface area contributed by atoms with Crippen LogP contribution < -0.4 is 16.4 Å². The molecule has 1 unspecified atom stereocenters. The minimum atomic E-state index is -0.714. The number of amides is 1. The quantitative estimate of drug-likeness (QED) is 0.662. The summed E-state index contributed by atoms with van der Waals surface area (Å²) in [6.07, 6.45) is 0. The fraction of sp³-hybridized carbons (Fsp3) is 0.364. The van der Waals surface area contributed by atoms with Crippen LogP contribution in [-0.2, 0) is 0 Å². The van der Waals surface area contributed by atoms with Gasteiger partial charge in [0.05, 0.1) is 17.9 Å². The molecule has 0 heterocycles. The Bertz CT molecular complexity index is 437. The number of carbonyl (C=O) groups is 1. The smallest absolute Gasteiger partial charge is 0.250 e. The first kappa shape index (κ1) is 13.2. The molecule has 0 aliphatic heterocycles. The van der Waals surface area contributed by atoms with E-state index in [9.17, 15) is 9.18 Å². The molecule has 0 radical (unpaired) electrons. The van der Waals surface area contributed by atoms with E-state index in [1.54, 1.807) is 14.0 Å². The first-order valence-electron chi connectivity index (χ1n) is 5.11. The van der Waals surface area contributed by atoms with Crippen LogP contribution in [0.2, 0.25) is 0 Å². The number of hydrogen-bond donors (Lipinski definition) is 3. The molecular weight excluding hydrogens is 225 g/mol. The third-order valence-corrected chi connectivity index (χ3v) is 2.69. The second-order valence-corrected chi connectivity index (χ2v) is 3.90. The van der Waals surface area contributed by atoms with Gasteiger partial charge in [0.15, 0.2) is 0 Å². The fourth-order valence-electron chi connectivity index (χ4n) is 1.42. The highest BCUT2D eigenvalue weighted by Gasteiger charge is 2.17. The molecular formula is C11H16FN3O2. The average molecular weight is 241 g/mol. The number of anilines is 2. The minimum absolute atomic E-state index is 0.00352. The third-order valence-electron chi connectivity index (χ3n) is 2.69. The zero-order chi connectivity index (χ0) is 13.2. The number of primary amides is 1. The van der Waals surface area contributed by atoms with Crippen molar-refractivity contribution >= 4 is 17.3 Å². The Labute approximate surface area is 98.8 Å². The lowest BCUT2D eigenvalue weighted by atomic mass is 10.1. The van der Waals surface area contributed by atoms with Crippen LogP contribution in [0.4, 0.5) is 15.8 Å². The maximum absolute atomic E-state index is 13.7. The third kappa shape index (κ3) is 2.65. The molecule has 0 spiro atoms. The van der Waals surface area contributed by atoms with Gasteiger partial charge in [-0.05, 0) is 19.1 Å². The maximum Gasteiger partial charge on any atom is 0.250 e. The van der Waals surface area contributed by atoms with Gasteiger partial charge in [-0.2, -0.15) is 0 Å². The molecule has 0 saturated heterocycles. The van der Waals surface area contributed by atoms with E-state index < -0.39 is 11.7 Å². The minimum Gasteiger partial charge on any atom is -0.398 e. The predicted octanol–water partition coefficient (Wildman–Crippen LogP) is 0.324. The summed E-state index contributed by atoms with van der Waals surface area (Å²) in [6, 6.07) is 2.06. The molecule has 94 valence electrons. The number of aliphatic hydroxyl groups excluding tert-OH is 1. The first-order valence-corrected chi connectivity index (χ1v) is 5.11. The molecule has 17 heavy (non-hydrogen) atoms. The highest BCUT2D eigenvalue weighted by molar-refractivity contribution is 5.99. The van der Waals surface area contributed by atoms with E-state index in [4.69, 9.17) is 16.6 Å². The number of hydrogen-bond acceptors (Lipinski definition) is 4. The van der Waals surface area contributed by atoms with Crippen LogP contribution >= 0.6 is 0 Å². The van der Waals surface area contributed by atoms with Crippen LogP contribution in [0.25, 0.3) is 0 Å². The Balaban J connectivity index is 3.24. The van der Waals surface area contributed by atoms with Gasteiger partial charge in [0.1, 0.15) is 5.82 Å². The largest absolute Gasteiger partial charge is 0.398 e. The summed E-state index contributed by atoms with van der Waals surface area (Å²) < 4.78 is 13.7. The lowest BCUT2D eigenvalue weighted by molar-refractivity contribution is 0.100. The van der Waals surface area contributed by atoms with E-state index in [0.29, 0.717) is 0 Å². The van der Waals surface area contributed by atoms with Gasteiger partial charge in [0.2, 0.25) is 0 Å². The molecule has 1 aromatic rings. The van der Waals surface area contributed by atoms with Gasteiger partial charge < -0.3 is 21.5 Å². The van der Waals surface area contributed by atoms with Crippen molar-refractivity contribution < 1.29 is 14.3 Å². The lowest BCUT2D eigenvalue weighted by Gasteiger charge is -2.26. The number of benzene rings is 1. The SMILES string of the molecule is CC(CO)N(C)c1cc(C(N)=O)c(N)cc1F. The van der Waals surface area contributed by atoms with E-state index >= 15 is 0 Å². The standard InChI is InChI=1S/C11H16FN3O2/c1-6(5-16)15(2)10-3-7(11(14)17)9(13)4-8(10)12/h3-4,6,16H,5,13H2,1-2H3,(H2,14,17). The second kappa shape index (κ2) is 5.01. The van der Waals surface area contributed by atoms with Gasteiger partial charge in [-0.1, -0.05) is 0 Å². The lowest BCUT2D eigenvalue weighted by Crippen LogP contribution is -2.32. The number of nitrogen functional groups attached to an aromatic ring is 1. The molecule has 0 aliphatic carbocycles. The van der Waals surface area contributed by atoms with Crippen LogP contribution in [0.15, 0.2) is 12.1 Å². The summed E-state index contributed by atoms with van der Waals surface area (Å²) in [4.78, 5) is 12.6. The van der Waals surface area contributed by atoms with Crippen LogP contribution in [0.5, 0.6) is 0 Å². The molecule has 5 nitrogen and oxygen atoms in total. The van der Waals surface area contributed by atoms with Gasteiger partial charge in [-0.3, -0.25) is 4.79 Å². The zero-order valence-electron chi connectivity index (χ0n) is 9.77. The predicted molar refractivity (Wildman–Crippen MR) is 64.3 cm³/mol. The van der Waals surface area contributed by atoms with Crippen LogP contribution in [0, 0.1) is 5.82 Å². The van der Waals surface area contributed by atoms with Crippen molar-refractivity contribution in [1.29, 1.82) is 0 Å². The number of nitrogens with two attached hydrogens (primary N) is 2. The summed E-state index contributed by atoms with van der Waals surface area (Å²) in [5.74, 6) is -1.27. The fourth-order valence-corrected chi connectivity index (χ4v) is 1.42. The van der Waals surface area contributed by atoms with Gasteiger partial charge in [0, 0.05) is 18.8 Å². The number of carbonyl (C=O) groups excluding carboxylic acids is 1. The average Bonchev–Trinajstić information content (AvgIpc) is 2.26. The van der Waals surface area contributed by atoms with E-state index in [-0.39, 0.29) is 29.6 Å². The molecule has 5 N–H and O–H groups in total. The topological polar surface area (TPSA) is 92.6 Å². The Kier molecular flexibility index (Phi) is 3.90. The van der Waals surface area contributed by atoms with E-state index in [0.717, 1.165) is 6.07 Å². The number of nitrogens with zero attached hydrogens (tertiary/aromatic N) is 1. The normalized spacial score (nSPS) is 12.2. The summed E-state index contributed by atoms with van der Waals surface area (Å²) in [6.45, 7) is 1.59. The molecule has 1 atom stereocenters. The highest BCUT2D eigenvalue weighted by Crippen LogP contribution is 2.25. The van der Waals surface area contributed by atoms with Crippen LogP contribution in [-0.4, -0.2) is 30.7 Å². The monoisotopic (exact) mass is 241 g/mol. The van der Waals surface area contributed by atoms with Gasteiger partial charge in [-0.15, -0.1) is 0 Å². The molecule has 0 fully saturated rings. The Morgan fingerprint density at radius 1 is 1.59 bits per heavy atom. The number of likely N-dealkylation sites (N-methyl/N-ethyl adjacent to an activating group) is 1. The molecule has 6 heteroatoms. The van der Waals surface area contributed by atoms with Gasteiger partial charge in [0.25, 0.3) is 5.91 Å². The molecule has 0 saturated carbocycles. The summed E-state index contributed by atoms with van der Waals surface area (Å²) >= 11 is 0. The molecule has 0 bridgehead atoms. The Morgan fingerprint density at radius 2 is 2.18 bits per heavy atom. The maximum atomic E-state index is 13.7. The van der Waals surface area contributed by atoms with E-state index in [1.165, 1.54) is 11.0 Å². The second-order valence-electron chi connectivity index (χ2n) is 3.90. The summed E-state index contributed by atoms with van der Waals surface area (Å²) in [5.41, 5.74) is 10.9. The number of rotatable bonds is 4. The number of halogens is 1. The Morgan fingerprint density at radius 3 is 2.65 bits per heavy atom. The Hall–Kier alpha value is -1.82. The summed E-state index contributed by atoms with van der Waals surface area (Å²) in [7, 11) is 1.61. The van der Waals surface area contributed by atoms with Crippen LogP contribution in [0.3, 0.4) is 0 Å².